The Morgan fingerprint density at radius 1 is 1.35 bits per heavy atom. The van der Waals surface area contributed by atoms with Gasteiger partial charge in [-0.15, -0.1) is 0 Å². The van der Waals surface area contributed by atoms with Crippen molar-refractivity contribution in [3.63, 3.8) is 0 Å². The summed E-state index contributed by atoms with van der Waals surface area (Å²) in [7, 11) is 0. The van der Waals surface area contributed by atoms with Crippen LogP contribution in [0.1, 0.15) is 30.9 Å². The van der Waals surface area contributed by atoms with Gasteiger partial charge in [-0.1, -0.05) is 31.2 Å². The highest BCUT2D eigenvalue weighted by Crippen LogP contribution is 2.17. The van der Waals surface area contributed by atoms with Crippen LogP contribution in [-0.2, 0) is 16.1 Å². The summed E-state index contributed by atoms with van der Waals surface area (Å²) in [6, 6.07) is 7.42. The van der Waals surface area contributed by atoms with Gasteiger partial charge in [0.1, 0.15) is 0 Å². The number of aliphatic hydroxyl groups excluding tert-OH is 2. The van der Waals surface area contributed by atoms with E-state index in [4.69, 9.17) is 0 Å². The summed E-state index contributed by atoms with van der Waals surface area (Å²) < 4.78 is 0. The standard InChI is InChI=1S/C19H29N3O4/c1-3-19(12-23,13-24)21-17(25)10-16-18(26)20-8-9-22(16)11-15-7-5-4-6-14(15)2/h4-7,16,23-24H,3,8-13H2,1-2H3,(H,20,26)(H,21,25). The number of carbonyl (C=O) groups excluding carboxylic acids is 2. The van der Waals surface area contributed by atoms with E-state index in [1.165, 1.54) is 0 Å². The van der Waals surface area contributed by atoms with Gasteiger partial charge in [-0.3, -0.25) is 14.5 Å². The molecule has 0 saturated carbocycles. The van der Waals surface area contributed by atoms with Crippen molar-refractivity contribution in [2.24, 2.45) is 0 Å². The minimum atomic E-state index is -1.05. The highest BCUT2D eigenvalue weighted by Gasteiger charge is 2.34. The number of nitrogens with zero attached hydrogens (tertiary/aromatic N) is 1. The third kappa shape index (κ3) is 4.81. The average molecular weight is 363 g/mol. The average Bonchev–Trinajstić information content (AvgIpc) is 2.64. The normalized spacial score (nSPS) is 18.5. The van der Waals surface area contributed by atoms with Crippen LogP contribution in [0.5, 0.6) is 0 Å². The van der Waals surface area contributed by atoms with E-state index in [0.717, 1.165) is 11.1 Å². The van der Waals surface area contributed by atoms with Crippen LogP contribution in [0.3, 0.4) is 0 Å². The molecular weight excluding hydrogens is 334 g/mol. The smallest absolute Gasteiger partial charge is 0.237 e. The number of carbonyl (C=O) groups is 2. The molecule has 1 fully saturated rings. The molecule has 144 valence electrons. The van der Waals surface area contributed by atoms with Crippen molar-refractivity contribution < 1.29 is 19.8 Å². The molecular formula is C19H29N3O4. The molecule has 0 bridgehead atoms. The summed E-state index contributed by atoms with van der Waals surface area (Å²) in [5.41, 5.74) is 1.22. The molecule has 2 amide bonds. The Hall–Kier alpha value is -1.96. The molecule has 1 aromatic rings. The first-order valence-electron chi connectivity index (χ1n) is 9.03. The van der Waals surface area contributed by atoms with Crippen LogP contribution in [0.4, 0.5) is 0 Å². The van der Waals surface area contributed by atoms with Crippen LogP contribution in [0.25, 0.3) is 0 Å². The van der Waals surface area contributed by atoms with Gasteiger partial charge in [0.2, 0.25) is 11.8 Å². The highest BCUT2D eigenvalue weighted by atomic mass is 16.3. The third-order valence-corrected chi connectivity index (χ3v) is 5.14. The van der Waals surface area contributed by atoms with Gasteiger partial charge >= 0.3 is 0 Å². The van der Waals surface area contributed by atoms with Crippen molar-refractivity contribution >= 4 is 11.8 Å². The molecule has 0 spiro atoms. The minimum absolute atomic E-state index is 0.0144. The lowest BCUT2D eigenvalue weighted by Gasteiger charge is -2.36. The molecule has 1 unspecified atom stereocenters. The van der Waals surface area contributed by atoms with E-state index in [-0.39, 0.29) is 31.4 Å². The van der Waals surface area contributed by atoms with Crippen LogP contribution in [-0.4, -0.2) is 64.8 Å². The fourth-order valence-electron chi connectivity index (χ4n) is 3.14. The molecule has 0 aromatic heterocycles. The molecule has 1 aromatic carbocycles. The summed E-state index contributed by atoms with van der Waals surface area (Å²) in [6.45, 7) is 4.91. The van der Waals surface area contributed by atoms with Gasteiger partial charge in [-0.2, -0.15) is 0 Å². The Labute approximate surface area is 154 Å². The van der Waals surface area contributed by atoms with Crippen LogP contribution in [0, 0.1) is 6.92 Å². The molecule has 1 heterocycles. The summed E-state index contributed by atoms with van der Waals surface area (Å²) in [6.07, 6.45) is 0.384. The maximum Gasteiger partial charge on any atom is 0.237 e. The van der Waals surface area contributed by atoms with E-state index < -0.39 is 11.6 Å². The molecule has 1 aliphatic rings. The SMILES string of the molecule is CCC(CO)(CO)NC(=O)CC1C(=O)NCCN1Cc1ccccc1C. The Balaban J connectivity index is 2.09. The molecule has 1 aliphatic heterocycles. The van der Waals surface area contributed by atoms with Gasteiger partial charge in [0.25, 0.3) is 0 Å². The summed E-state index contributed by atoms with van der Waals surface area (Å²) in [4.78, 5) is 26.8. The molecule has 4 N–H and O–H groups in total. The lowest BCUT2D eigenvalue weighted by Crippen LogP contribution is -2.59. The largest absolute Gasteiger partial charge is 0.394 e. The number of hydrogen-bond donors (Lipinski definition) is 4. The second-order valence-corrected chi connectivity index (χ2v) is 6.91. The molecule has 0 radical (unpaired) electrons. The zero-order chi connectivity index (χ0) is 19.2. The van der Waals surface area contributed by atoms with Crippen LogP contribution in [0.15, 0.2) is 24.3 Å². The maximum absolute atomic E-state index is 12.5. The Bertz CT molecular complexity index is 623. The number of rotatable bonds is 8. The van der Waals surface area contributed by atoms with E-state index >= 15 is 0 Å². The van der Waals surface area contributed by atoms with Gasteiger partial charge < -0.3 is 20.8 Å². The zero-order valence-electron chi connectivity index (χ0n) is 15.5. The van der Waals surface area contributed by atoms with Crippen LogP contribution < -0.4 is 10.6 Å². The molecule has 0 aliphatic carbocycles. The summed E-state index contributed by atoms with van der Waals surface area (Å²) in [5.74, 6) is -0.526. The fraction of sp³-hybridized carbons (Fsp3) is 0.579. The van der Waals surface area contributed by atoms with E-state index in [1.54, 1.807) is 6.92 Å². The van der Waals surface area contributed by atoms with Crippen LogP contribution >= 0.6 is 0 Å². The van der Waals surface area contributed by atoms with Gasteiger partial charge in [-0.05, 0) is 24.5 Å². The predicted molar refractivity (Wildman–Crippen MR) is 98.3 cm³/mol. The number of nitrogens with one attached hydrogen (secondary N) is 2. The highest BCUT2D eigenvalue weighted by molar-refractivity contribution is 5.89. The van der Waals surface area contributed by atoms with Crippen molar-refractivity contribution in [2.75, 3.05) is 26.3 Å². The van der Waals surface area contributed by atoms with Crippen LogP contribution in [0.2, 0.25) is 0 Å². The van der Waals surface area contributed by atoms with Gasteiger partial charge in [0, 0.05) is 19.6 Å². The van der Waals surface area contributed by atoms with Gasteiger partial charge in [-0.25, -0.2) is 0 Å². The van der Waals surface area contributed by atoms with Crippen molar-refractivity contribution in [1.82, 2.24) is 15.5 Å². The van der Waals surface area contributed by atoms with E-state index in [0.29, 0.717) is 26.1 Å². The van der Waals surface area contributed by atoms with Crippen molar-refractivity contribution in [2.45, 2.75) is 44.8 Å². The van der Waals surface area contributed by atoms with Gasteiger partial charge in [0.05, 0.1) is 31.2 Å². The van der Waals surface area contributed by atoms with Crippen molar-refractivity contribution in [3.8, 4) is 0 Å². The van der Waals surface area contributed by atoms with Gasteiger partial charge in [0.15, 0.2) is 0 Å². The quantitative estimate of drug-likeness (QED) is 0.518. The zero-order valence-corrected chi connectivity index (χ0v) is 15.5. The molecule has 1 atom stereocenters. The molecule has 7 heteroatoms. The number of piperazine rings is 1. The molecule has 1 saturated heterocycles. The topological polar surface area (TPSA) is 102 Å². The first-order valence-corrected chi connectivity index (χ1v) is 9.03. The first kappa shape index (κ1) is 20.4. The second kappa shape index (κ2) is 9.12. The number of benzene rings is 1. The fourth-order valence-corrected chi connectivity index (χ4v) is 3.14. The predicted octanol–water partition coefficient (Wildman–Crippen LogP) is -0.0649. The Morgan fingerprint density at radius 2 is 2.04 bits per heavy atom. The number of aryl methyl sites for hydroxylation is 1. The monoisotopic (exact) mass is 363 g/mol. The Morgan fingerprint density at radius 3 is 2.65 bits per heavy atom. The number of aliphatic hydroxyl groups is 2. The third-order valence-electron chi connectivity index (χ3n) is 5.14. The van der Waals surface area contributed by atoms with E-state index in [9.17, 15) is 19.8 Å². The molecule has 7 nitrogen and oxygen atoms in total. The second-order valence-electron chi connectivity index (χ2n) is 6.91. The summed E-state index contributed by atoms with van der Waals surface area (Å²) >= 11 is 0. The number of hydrogen-bond acceptors (Lipinski definition) is 5. The number of amides is 2. The lowest BCUT2D eigenvalue weighted by atomic mass is 9.97. The van der Waals surface area contributed by atoms with E-state index in [2.05, 4.69) is 10.6 Å². The molecule has 26 heavy (non-hydrogen) atoms. The van der Waals surface area contributed by atoms with E-state index in [1.807, 2.05) is 36.1 Å². The maximum atomic E-state index is 12.5. The Kier molecular flexibility index (Phi) is 7.14. The summed E-state index contributed by atoms with van der Waals surface area (Å²) in [5, 5.41) is 24.5. The van der Waals surface area contributed by atoms with Crippen molar-refractivity contribution in [3.05, 3.63) is 35.4 Å². The lowest BCUT2D eigenvalue weighted by molar-refractivity contribution is -0.135. The molecule has 2 rings (SSSR count). The van der Waals surface area contributed by atoms with Crippen molar-refractivity contribution in [1.29, 1.82) is 0 Å². The minimum Gasteiger partial charge on any atom is -0.394 e. The first-order chi connectivity index (χ1) is 12.4.